The second-order valence-corrected chi connectivity index (χ2v) is 6.88. The van der Waals surface area contributed by atoms with Gasteiger partial charge in [0, 0.05) is 27.8 Å². The second-order valence-electron chi connectivity index (χ2n) is 4.80. The molecule has 1 heterocycles. The summed E-state index contributed by atoms with van der Waals surface area (Å²) in [7, 11) is -3.66. The van der Waals surface area contributed by atoms with Crippen LogP contribution in [0, 0.1) is 6.92 Å². The fourth-order valence-corrected chi connectivity index (χ4v) is 3.75. The van der Waals surface area contributed by atoms with Crippen LogP contribution in [0.2, 0.25) is 5.02 Å². The average Bonchev–Trinajstić information content (AvgIpc) is 2.88. The van der Waals surface area contributed by atoms with Crippen LogP contribution in [-0.4, -0.2) is 13.4 Å². The Morgan fingerprint density at radius 3 is 2.71 bits per heavy atom. The van der Waals surface area contributed by atoms with Crippen molar-refractivity contribution in [1.82, 2.24) is 4.98 Å². The first kappa shape index (κ1) is 14.0. The third kappa shape index (κ3) is 2.75. The fraction of sp³-hybridized carbons (Fsp3) is 0.0667. The topological polar surface area (TPSA) is 62.0 Å². The molecule has 0 aliphatic rings. The third-order valence-electron chi connectivity index (χ3n) is 3.25. The summed E-state index contributed by atoms with van der Waals surface area (Å²) < 4.78 is 27.5. The van der Waals surface area contributed by atoms with Crippen molar-refractivity contribution in [3.63, 3.8) is 0 Å². The number of aryl methyl sites for hydroxylation is 1. The molecule has 0 saturated carbocycles. The highest BCUT2D eigenvalue weighted by atomic mass is 35.5. The van der Waals surface area contributed by atoms with E-state index >= 15 is 0 Å². The number of aromatic amines is 1. The van der Waals surface area contributed by atoms with Crippen LogP contribution in [0.5, 0.6) is 0 Å². The Kier molecular flexibility index (Phi) is 3.39. The van der Waals surface area contributed by atoms with Gasteiger partial charge in [-0.15, -0.1) is 0 Å². The van der Waals surface area contributed by atoms with Gasteiger partial charge in [-0.05, 0) is 48.9 Å². The van der Waals surface area contributed by atoms with Crippen LogP contribution in [0.4, 0.5) is 5.69 Å². The van der Waals surface area contributed by atoms with Crippen molar-refractivity contribution in [2.75, 3.05) is 4.72 Å². The number of aromatic nitrogens is 1. The summed E-state index contributed by atoms with van der Waals surface area (Å²) >= 11 is 5.89. The number of fused-ring (bicyclic) bond motifs is 1. The molecule has 108 valence electrons. The molecule has 0 radical (unpaired) electrons. The molecule has 0 spiro atoms. The minimum absolute atomic E-state index is 0.184. The first-order valence-corrected chi connectivity index (χ1v) is 8.18. The normalized spacial score (nSPS) is 11.7. The van der Waals surface area contributed by atoms with Crippen molar-refractivity contribution in [2.24, 2.45) is 0 Å². The van der Waals surface area contributed by atoms with E-state index in [2.05, 4.69) is 9.71 Å². The number of benzene rings is 2. The summed E-state index contributed by atoms with van der Waals surface area (Å²) in [6.07, 6.45) is 1.81. The summed E-state index contributed by atoms with van der Waals surface area (Å²) in [5.41, 5.74) is 2.12. The molecule has 6 heteroatoms. The molecule has 0 aliphatic carbocycles. The van der Waals surface area contributed by atoms with Gasteiger partial charge in [-0.2, -0.15) is 0 Å². The molecule has 4 nitrogen and oxygen atoms in total. The lowest BCUT2D eigenvalue weighted by atomic mass is 10.2. The summed E-state index contributed by atoms with van der Waals surface area (Å²) in [6, 6.07) is 12.0. The van der Waals surface area contributed by atoms with Crippen molar-refractivity contribution < 1.29 is 8.42 Å². The van der Waals surface area contributed by atoms with Gasteiger partial charge in [0.1, 0.15) is 0 Å². The molecule has 0 atom stereocenters. The van der Waals surface area contributed by atoms with Crippen molar-refractivity contribution in [3.05, 3.63) is 59.2 Å². The van der Waals surface area contributed by atoms with E-state index in [1.807, 2.05) is 18.3 Å². The number of anilines is 1. The SMILES string of the molecule is Cc1ccc(Cl)cc1S(=O)(=O)Nc1ccc2[nH]ccc2c1. The van der Waals surface area contributed by atoms with Crippen molar-refractivity contribution in [3.8, 4) is 0 Å². The molecule has 0 unspecified atom stereocenters. The first-order valence-electron chi connectivity index (χ1n) is 6.32. The standard InChI is InChI=1S/C15H13ClN2O2S/c1-10-2-3-12(16)9-15(10)21(19,20)18-13-4-5-14-11(8-13)6-7-17-14/h2-9,17-18H,1H3. The monoisotopic (exact) mass is 320 g/mol. The number of hydrogen-bond acceptors (Lipinski definition) is 2. The van der Waals surface area contributed by atoms with Crippen molar-refractivity contribution >= 4 is 38.2 Å². The first-order chi connectivity index (χ1) is 9.95. The van der Waals surface area contributed by atoms with Gasteiger partial charge in [0.2, 0.25) is 0 Å². The number of hydrogen-bond donors (Lipinski definition) is 2. The third-order valence-corrected chi connectivity index (χ3v) is 5.00. The number of nitrogens with one attached hydrogen (secondary N) is 2. The van der Waals surface area contributed by atoms with Gasteiger partial charge < -0.3 is 4.98 Å². The minimum atomic E-state index is -3.66. The van der Waals surface area contributed by atoms with E-state index in [0.29, 0.717) is 16.3 Å². The van der Waals surface area contributed by atoms with Gasteiger partial charge in [0.25, 0.3) is 10.0 Å². The van der Waals surface area contributed by atoms with E-state index < -0.39 is 10.0 Å². The summed E-state index contributed by atoms with van der Waals surface area (Å²) in [5.74, 6) is 0. The van der Waals surface area contributed by atoms with Crippen LogP contribution in [0.3, 0.4) is 0 Å². The largest absolute Gasteiger partial charge is 0.361 e. The predicted octanol–water partition coefficient (Wildman–Crippen LogP) is 3.93. The average molecular weight is 321 g/mol. The van der Waals surface area contributed by atoms with Crippen molar-refractivity contribution in [2.45, 2.75) is 11.8 Å². The van der Waals surface area contributed by atoms with Gasteiger partial charge in [-0.3, -0.25) is 4.72 Å². The second kappa shape index (κ2) is 5.09. The maximum atomic E-state index is 12.5. The summed E-state index contributed by atoms with van der Waals surface area (Å²) in [5, 5.41) is 1.33. The Hall–Kier alpha value is -1.98. The Bertz CT molecular complexity index is 916. The zero-order valence-corrected chi connectivity index (χ0v) is 12.8. The lowest BCUT2D eigenvalue weighted by Gasteiger charge is -2.11. The van der Waals surface area contributed by atoms with E-state index in [1.165, 1.54) is 6.07 Å². The molecule has 21 heavy (non-hydrogen) atoms. The van der Waals surface area contributed by atoms with Gasteiger partial charge in [-0.1, -0.05) is 17.7 Å². The number of rotatable bonds is 3. The predicted molar refractivity (Wildman–Crippen MR) is 85.3 cm³/mol. The van der Waals surface area contributed by atoms with Crippen LogP contribution in [0.25, 0.3) is 10.9 Å². The van der Waals surface area contributed by atoms with Crippen LogP contribution < -0.4 is 4.72 Å². The Balaban J connectivity index is 2.00. The number of H-pyrrole nitrogens is 1. The van der Waals surface area contributed by atoms with E-state index in [0.717, 1.165) is 10.9 Å². The maximum Gasteiger partial charge on any atom is 0.262 e. The number of sulfonamides is 1. The van der Waals surface area contributed by atoms with Crippen LogP contribution >= 0.6 is 11.6 Å². The van der Waals surface area contributed by atoms with Gasteiger partial charge in [0.05, 0.1) is 4.90 Å². The van der Waals surface area contributed by atoms with E-state index in [1.54, 1.807) is 31.2 Å². The van der Waals surface area contributed by atoms with E-state index in [-0.39, 0.29) is 4.90 Å². The lowest BCUT2D eigenvalue weighted by Crippen LogP contribution is -2.14. The van der Waals surface area contributed by atoms with Gasteiger partial charge in [-0.25, -0.2) is 8.42 Å². The Morgan fingerprint density at radius 1 is 1.10 bits per heavy atom. The van der Waals surface area contributed by atoms with Gasteiger partial charge in [0.15, 0.2) is 0 Å². The molecular weight excluding hydrogens is 308 g/mol. The smallest absolute Gasteiger partial charge is 0.262 e. The molecule has 0 aliphatic heterocycles. The Morgan fingerprint density at radius 2 is 1.90 bits per heavy atom. The zero-order valence-electron chi connectivity index (χ0n) is 11.2. The molecule has 0 bridgehead atoms. The van der Waals surface area contributed by atoms with Crippen molar-refractivity contribution in [1.29, 1.82) is 0 Å². The number of halogens is 1. The van der Waals surface area contributed by atoms with E-state index in [9.17, 15) is 8.42 Å². The maximum absolute atomic E-state index is 12.5. The molecule has 0 fully saturated rings. The highest BCUT2D eigenvalue weighted by molar-refractivity contribution is 7.92. The minimum Gasteiger partial charge on any atom is -0.361 e. The molecule has 1 aromatic heterocycles. The highest BCUT2D eigenvalue weighted by Gasteiger charge is 2.17. The molecule has 2 N–H and O–H groups in total. The molecule has 2 aromatic carbocycles. The lowest BCUT2D eigenvalue weighted by molar-refractivity contribution is 0.600. The van der Waals surface area contributed by atoms with Crippen LogP contribution in [0.1, 0.15) is 5.56 Å². The molecule has 0 amide bonds. The summed E-state index contributed by atoms with van der Waals surface area (Å²) in [6.45, 7) is 1.74. The highest BCUT2D eigenvalue weighted by Crippen LogP contribution is 2.24. The molecule has 0 saturated heterocycles. The fourth-order valence-electron chi connectivity index (χ4n) is 2.19. The Labute approximate surface area is 127 Å². The summed E-state index contributed by atoms with van der Waals surface area (Å²) in [4.78, 5) is 3.25. The van der Waals surface area contributed by atoms with E-state index in [4.69, 9.17) is 11.6 Å². The quantitative estimate of drug-likeness (QED) is 0.768. The molecule has 3 rings (SSSR count). The molecule has 3 aromatic rings. The zero-order chi connectivity index (χ0) is 15.0. The van der Waals surface area contributed by atoms with Crippen LogP contribution in [-0.2, 0) is 10.0 Å². The van der Waals surface area contributed by atoms with Gasteiger partial charge >= 0.3 is 0 Å². The van der Waals surface area contributed by atoms with Crippen LogP contribution in [0.15, 0.2) is 53.6 Å². The molecular formula is C15H13ClN2O2S.